The lowest BCUT2D eigenvalue weighted by molar-refractivity contribution is -0.133. The summed E-state index contributed by atoms with van der Waals surface area (Å²) in [6, 6.07) is 16.9. The predicted octanol–water partition coefficient (Wildman–Crippen LogP) is 2.75. The molecular weight excluding hydrogens is 328 g/mol. The van der Waals surface area contributed by atoms with Gasteiger partial charge in [-0.1, -0.05) is 36.4 Å². The lowest BCUT2D eigenvalue weighted by atomic mass is 10.2. The zero-order valence-electron chi connectivity index (χ0n) is 15.1. The third-order valence-electron chi connectivity index (χ3n) is 4.60. The third kappa shape index (κ3) is 4.42. The Bertz CT molecular complexity index is 761. The normalized spacial score (nSPS) is 14.7. The van der Waals surface area contributed by atoms with Crippen molar-refractivity contribution in [2.24, 2.45) is 0 Å². The number of amides is 2. The molecule has 0 aromatic heterocycles. The van der Waals surface area contributed by atoms with Gasteiger partial charge in [0.15, 0.2) is 6.61 Å². The minimum Gasteiger partial charge on any atom is -0.484 e. The summed E-state index contributed by atoms with van der Waals surface area (Å²) in [7, 11) is 0. The Morgan fingerprint density at radius 2 is 1.54 bits per heavy atom. The summed E-state index contributed by atoms with van der Waals surface area (Å²) in [5, 5.41) is 0. The predicted molar refractivity (Wildman–Crippen MR) is 100 cm³/mol. The fourth-order valence-corrected chi connectivity index (χ4v) is 3.08. The molecule has 1 heterocycles. The number of para-hydroxylation sites is 1. The monoisotopic (exact) mass is 352 g/mol. The number of hydrogen-bond donors (Lipinski definition) is 0. The summed E-state index contributed by atoms with van der Waals surface area (Å²) >= 11 is 0. The Hall–Kier alpha value is -2.82. The van der Waals surface area contributed by atoms with Gasteiger partial charge in [-0.15, -0.1) is 0 Å². The summed E-state index contributed by atoms with van der Waals surface area (Å²) in [6.45, 7) is 4.37. The van der Waals surface area contributed by atoms with Crippen LogP contribution in [0.4, 0.5) is 0 Å². The van der Waals surface area contributed by atoms with E-state index in [0.717, 1.165) is 17.7 Å². The van der Waals surface area contributed by atoms with E-state index in [1.807, 2.05) is 66.4 Å². The standard InChI is InChI=1S/C21H24N2O3/c1-17-8-5-6-11-19(17)26-16-20(24)22-12-7-13-23(15-14-22)21(25)18-9-3-2-4-10-18/h2-6,8-11H,7,12-16H2,1H3. The second kappa shape index (κ2) is 8.52. The van der Waals surface area contributed by atoms with E-state index in [1.165, 1.54) is 0 Å². The SMILES string of the molecule is Cc1ccccc1OCC(=O)N1CCCN(C(=O)c2ccccc2)CC1. The number of benzene rings is 2. The molecular formula is C21H24N2O3. The van der Waals surface area contributed by atoms with E-state index < -0.39 is 0 Å². The smallest absolute Gasteiger partial charge is 0.260 e. The van der Waals surface area contributed by atoms with Crippen LogP contribution >= 0.6 is 0 Å². The number of ether oxygens (including phenoxy) is 1. The second-order valence-corrected chi connectivity index (χ2v) is 6.45. The summed E-state index contributed by atoms with van der Waals surface area (Å²) in [4.78, 5) is 28.7. The van der Waals surface area contributed by atoms with Gasteiger partial charge in [0, 0.05) is 31.7 Å². The Labute approximate surface area is 154 Å². The maximum atomic E-state index is 12.6. The minimum absolute atomic E-state index is 0.0241. The molecule has 0 atom stereocenters. The third-order valence-corrected chi connectivity index (χ3v) is 4.60. The van der Waals surface area contributed by atoms with Gasteiger partial charge in [-0.3, -0.25) is 9.59 Å². The fraction of sp³-hybridized carbons (Fsp3) is 0.333. The molecule has 0 N–H and O–H groups in total. The highest BCUT2D eigenvalue weighted by Gasteiger charge is 2.23. The van der Waals surface area contributed by atoms with E-state index >= 15 is 0 Å². The molecule has 3 rings (SSSR count). The topological polar surface area (TPSA) is 49.9 Å². The van der Waals surface area contributed by atoms with E-state index in [1.54, 1.807) is 4.90 Å². The Morgan fingerprint density at radius 3 is 2.31 bits per heavy atom. The van der Waals surface area contributed by atoms with E-state index in [4.69, 9.17) is 4.74 Å². The van der Waals surface area contributed by atoms with Crippen molar-refractivity contribution in [2.45, 2.75) is 13.3 Å². The van der Waals surface area contributed by atoms with Crippen molar-refractivity contribution in [3.63, 3.8) is 0 Å². The molecule has 0 bridgehead atoms. The number of rotatable bonds is 4. The van der Waals surface area contributed by atoms with Gasteiger partial charge in [-0.05, 0) is 37.1 Å². The molecule has 1 aliphatic heterocycles. The van der Waals surface area contributed by atoms with Gasteiger partial charge in [0.2, 0.25) is 0 Å². The van der Waals surface area contributed by atoms with Crippen molar-refractivity contribution in [1.82, 2.24) is 9.80 Å². The maximum absolute atomic E-state index is 12.6. The molecule has 0 unspecified atom stereocenters. The minimum atomic E-state index is -0.0396. The van der Waals surface area contributed by atoms with Gasteiger partial charge >= 0.3 is 0 Å². The van der Waals surface area contributed by atoms with Gasteiger partial charge in [-0.2, -0.15) is 0 Å². The zero-order chi connectivity index (χ0) is 18.4. The van der Waals surface area contributed by atoms with Gasteiger partial charge in [0.05, 0.1) is 0 Å². The van der Waals surface area contributed by atoms with Crippen molar-refractivity contribution in [3.8, 4) is 5.75 Å². The Morgan fingerprint density at radius 1 is 0.885 bits per heavy atom. The van der Waals surface area contributed by atoms with Crippen LogP contribution in [0.1, 0.15) is 22.3 Å². The van der Waals surface area contributed by atoms with Crippen molar-refractivity contribution in [3.05, 3.63) is 65.7 Å². The fourth-order valence-electron chi connectivity index (χ4n) is 3.08. The van der Waals surface area contributed by atoms with Gasteiger partial charge in [0.1, 0.15) is 5.75 Å². The first-order valence-corrected chi connectivity index (χ1v) is 8.95. The van der Waals surface area contributed by atoms with E-state index in [-0.39, 0.29) is 18.4 Å². The molecule has 1 fully saturated rings. The Balaban J connectivity index is 1.54. The molecule has 136 valence electrons. The molecule has 0 aliphatic carbocycles. The van der Waals surface area contributed by atoms with Crippen molar-refractivity contribution in [1.29, 1.82) is 0 Å². The molecule has 1 saturated heterocycles. The van der Waals surface area contributed by atoms with Crippen molar-refractivity contribution in [2.75, 3.05) is 32.8 Å². The number of carbonyl (C=O) groups excluding carboxylic acids is 2. The van der Waals surface area contributed by atoms with Crippen LogP contribution in [0.3, 0.4) is 0 Å². The lowest BCUT2D eigenvalue weighted by Crippen LogP contribution is -2.39. The summed E-state index contributed by atoms with van der Waals surface area (Å²) < 4.78 is 5.66. The highest BCUT2D eigenvalue weighted by Crippen LogP contribution is 2.16. The van der Waals surface area contributed by atoms with E-state index in [9.17, 15) is 9.59 Å². The first-order chi connectivity index (χ1) is 12.6. The largest absolute Gasteiger partial charge is 0.484 e. The number of hydrogen-bond acceptors (Lipinski definition) is 3. The summed E-state index contributed by atoms with van der Waals surface area (Å²) in [5.74, 6) is 0.717. The van der Waals surface area contributed by atoms with Crippen LogP contribution in [-0.4, -0.2) is 54.4 Å². The second-order valence-electron chi connectivity index (χ2n) is 6.45. The average Bonchev–Trinajstić information content (AvgIpc) is 2.93. The van der Waals surface area contributed by atoms with Crippen molar-refractivity contribution < 1.29 is 14.3 Å². The molecule has 5 nitrogen and oxygen atoms in total. The van der Waals surface area contributed by atoms with E-state index in [2.05, 4.69) is 0 Å². The molecule has 2 aromatic rings. The maximum Gasteiger partial charge on any atom is 0.260 e. The van der Waals surface area contributed by atoms with Crippen LogP contribution < -0.4 is 4.74 Å². The Kier molecular flexibility index (Phi) is 5.89. The summed E-state index contributed by atoms with van der Waals surface area (Å²) in [5.41, 5.74) is 1.70. The molecule has 26 heavy (non-hydrogen) atoms. The van der Waals surface area contributed by atoms with Gasteiger partial charge in [-0.25, -0.2) is 0 Å². The molecule has 0 radical (unpaired) electrons. The molecule has 2 amide bonds. The van der Waals surface area contributed by atoms with Crippen LogP contribution in [0.15, 0.2) is 54.6 Å². The summed E-state index contributed by atoms with van der Waals surface area (Å²) in [6.07, 6.45) is 0.772. The van der Waals surface area contributed by atoms with Gasteiger partial charge in [0.25, 0.3) is 11.8 Å². The quantitative estimate of drug-likeness (QED) is 0.850. The molecule has 5 heteroatoms. The number of nitrogens with zero attached hydrogens (tertiary/aromatic N) is 2. The number of carbonyl (C=O) groups is 2. The lowest BCUT2D eigenvalue weighted by Gasteiger charge is -2.22. The van der Waals surface area contributed by atoms with Gasteiger partial charge < -0.3 is 14.5 Å². The van der Waals surface area contributed by atoms with Crippen molar-refractivity contribution >= 4 is 11.8 Å². The molecule has 0 spiro atoms. The average molecular weight is 352 g/mol. The zero-order valence-corrected chi connectivity index (χ0v) is 15.1. The molecule has 2 aromatic carbocycles. The van der Waals surface area contributed by atoms with E-state index in [0.29, 0.717) is 31.7 Å². The first kappa shape index (κ1) is 18.0. The highest BCUT2D eigenvalue weighted by molar-refractivity contribution is 5.94. The molecule has 0 saturated carbocycles. The van der Waals surface area contributed by atoms with Crippen LogP contribution in [0.25, 0.3) is 0 Å². The van der Waals surface area contributed by atoms with Crippen LogP contribution in [0, 0.1) is 6.92 Å². The molecule has 1 aliphatic rings. The number of aryl methyl sites for hydroxylation is 1. The van der Waals surface area contributed by atoms with Crippen LogP contribution in [-0.2, 0) is 4.79 Å². The van der Waals surface area contributed by atoms with Crippen LogP contribution in [0.5, 0.6) is 5.75 Å². The van der Waals surface area contributed by atoms with Crippen LogP contribution in [0.2, 0.25) is 0 Å². The first-order valence-electron chi connectivity index (χ1n) is 8.95. The highest BCUT2D eigenvalue weighted by atomic mass is 16.5.